The van der Waals surface area contributed by atoms with Crippen molar-refractivity contribution >= 4 is 12.0 Å². The zero-order chi connectivity index (χ0) is 15.2. The molecule has 1 heterocycles. The van der Waals surface area contributed by atoms with Gasteiger partial charge in [-0.1, -0.05) is 6.07 Å². The maximum absolute atomic E-state index is 11.6. The summed E-state index contributed by atoms with van der Waals surface area (Å²) in [4.78, 5) is 22.3. The average molecular weight is 296 g/mol. The summed E-state index contributed by atoms with van der Waals surface area (Å²) in [7, 11) is 1.27. The van der Waals surface area contributed by atoms with Crippen LogP contribution in [0.2, 0.25) is 0 Å². The van der Waals surface area contributed by atoms with Gasteiger partial charge in [0.25, 0.3) is 0 Å². The van der Waals surface area contributed by atoms with Gasteiger partial charge in [0, 0.05) is 13.7 Å². The summed E-state index contributed by atoms with van der Waals surface area (Å²) in [6, 6.07) is 4.87. The first-order chi connectivity index (χ1) is 10.1. The molecule has 0 radical (unpaired) electrons. The smallest absolute Gasteiger partial charge is 0.334 e. The lowest BCUT2D eigenvalue weighted by Crippen LogP contribution is -2.42. The number of carbonyl (C=O) groups is 2. The summed E-state index contributed by atoms with van der Waals surface area (Å²) in [5, 5.41) is 13.8. The van der Waals surface area contributed by atoms with Crippen LogP contribution in [0, 0.1) is 0 Å². The van der Waals surface area contributed by atoms with Gasteiger partial charge in [-0.25, -0.2) is 9.59 Å². The van der Waals surface area contributed by atoms with Gasteiger partial charge in [0.2, 0.25) is 6.79 Å². The van der Waals surface area contributed by atoms with Gasteiger partial charge in [-0.3, -0.25) is 0 Å². The van der Waals surface area contributed by atoms with E-state index in [1.54, 1.807) is 12.1 Å². The summed E-state index contributed by atoms with van der Waals surface area (Å²) < 4.78 is 15.1. The van der Waals surface area contributed by atoms with Crippen LogP contribution in [0.1, 0.15) is 5.56 Å². The number of carboxylic acids is 1. The van der Waals surface area contributed by atoms with E-state index in [-0.39, 0.29) is 19.9 Å². The van der Waals surface area contributed by atoms with Gasteiger partial charge in [-0.2, -0.15) is 0 Å². The molecule has 1 aromatic rings. The number of urea groups is 1. The van der Waals surface area contributed by atoms with E-state index in [2.05, 4.69) is 10.6 Å². The zero-order valence-electron chi connectivity index (χ0n) is 11.4. The van der Waals surface area contributed by atoms with E-state index in [1.807, 2.05) is 6.07 Å². The summed E-state index contributed by atoms with van der Waals surface area (Å²) in [5.74, 6) is 0.182. The maximum atomic E-state index is 11.6. The van der Waals surface area contributed by atoms with Gasteiger partial charge >= 0.3 is 12.0 Å². The van der Waals surface area contributed by atoms with Crippen molar-refractivity contribution in [3.8, 4) is 11.5 Å². The number of ether oxygens (including phenoxy) is 3. The molecule has 0 saturated carbocycles. The molecule has 0 fully saturated rings. The molecule has 1 aliphatic heterocycles. The number of fused-ring (bicyclic) bond motifs is 1. The molecule has 1 atom stereocenters. The van der Waals surface area contributed by atoms with Crippen molar-refractivity contribution in [3.05, 3.63) is 23.8 Å². The Morgan fingerprint density at radius 3 is 2.81 bits per heavy atom. The lowest BCUT2D eigenvalue weighted by Gasteiger charge is -2.12. The summed E-state index contributed by atoms with van der Waals surface area (Å²) >= 11 is 0. The van der Waals surface area contributed by atoms with Crippen molar-refractivity contribution in [3.63, 3.8) is 0 Å². The summed E-state index contributed by atoms with van der Waals surface area (Å²) in [6.07, 6.45) is -1.07. The van der Waals surface area contributed by atoms with Crippen molar-refractivity contribution in [1.82, 2.24) is 10.6 Å². The topological polar surface area (TPSA) is 106 Å². The third-order valence-electron chi connectivity index (χ3n) is 2.90. The highest BCUT2D eigenvalue weighted by molar-refractivity contribution is 5.76. The molecular formula is C13H16N2O6. The van der Waals surface area contributed by atoms with Crippen LogP contribution in [-0.2, 0) is 16.1 Å². The van der Waals surface area contributed by atoms with Crippen molar-refractivity contribution < 1.29 is 28.9 Å². The third-order valence-corrected chi connectivity index (χ3v) is 2.90. The van der Waals surface area contributed by atoms with E-state index < -0.39 is 18.1 Å². The number of carboxylic acid groups (broad SMARTS) is 1. The highest BCUT2D eigenvalue weighted by atomic mass is 16.7. The second-order valence-corrected chi connectivity index (χ2v) is 4.31. The minimum atomic E-state index is -1.13. The number of aliphatic carboxylic acids is 1. The number of carbonyl (C=O) groups excluding carboxylic acids is 1. The number of nitrogens with one attached hydrogen (secondary N) is 2. The Balaban J connectivity index is 1.77. The second kappa shape index (κ2) is 6.80. The minimum absolute atomic E-state index is 0.112. The van der Waals surface area contributed by atoms with Gasteiger partial charge in [0.1, 0.15) is 0 Å². The van der Waals surface area contributed by atoms with Gasteiger partial charge in [0.15, 0.2) is 17.6 Å². The Bertz CT molecular complexity index is 533. The first-order valence-corrected chi connectivity index (χ1v) is 6.26. The Morgan fingerprint density at radius 2 is 2.10 bits per heavy atom. The monoisotopic (exact) mass is 296 g/mol. The van der Waals surface area contributed by atoms with Crippen LogP contribution in [-0.4, -0.2) is 43.7 Å². The van der Waals surface area contributed by atoms with E-state index in [0.717, 1.165) is 5.56 Å². The van der Waals surface area contributed by atoms with Crippen LogP contribution in [0.5, 0.6) is 11.5 Å². The molecule has 1 aliphatic rings. The number of amides is 2. The van der Waals surface area contributed by atoms with E-state index in [0.29, 0.717) is 11.5 Å². The molecule has 3 N–H and O–H groups in total. The number of hydrogen-bond acceptors (Lipinski definition) is 5. The molecule has 2 rings (SSSR count). The largest absolute Gasteiger partial charge is 0.479 e. The molecule has 2 amide bonds. The first-order valence-electron chi connectivity index (χ1n) is 6.26. The molecular weight excluding hydrogens is 280 g/mol. The predicted molar refractivity (Wildman–Crippen MR) is 71.2 cm³/mol. The number of methoxy groups -OCH3 is 1. The SMILES string of the molecule is COC(CNC(=O)NCc1ccc2c(c1)OCO2)C(=O)O. The summed E-state index contributed by atoms with van der Waals surface area (Å²) in [6.45, 7) is 0.367. The highest BCUT2D eigenvalue weighted by Crippen LogP contribution is 2.32. The van der Waals surface area contributed by atoms with Crippen LogP contribution in [0.15, 0.2) is 18.2 Å². The number of rotatable bonds is 6. The molecule has 21 heavy (non-hydrogen) atoms. The van der Waals surface area contributed by atoms with Crippen molar-refractivity contribution in [2.75, 3.05) is 20.4 Å². The van der Waals surface area contributed by atoms with Crippen LogP contribution < -0.4 is 20.1 Å². The molecule has 0 saturated heterocycles. The highest BCUT2D eigenvalue weighted by Gasteiger charge is 2.17. The normalized spacial score (nSPS) is 13.6. The molecule has 0 aromatic heterocycles. The fourth-order valence-electron chi connectivity index (χ4n) is 1.75. The minimum Gasteiger partial charge on any atom is -0.479 e. The van der Waals surface area contributed by atoms with Crippen molar-refractivity contribution in [2.24, 2.45) is 0 Å². The zero-order valence-corrected chi connectivity index (χ0v) is 11.4. The van der Waals surface area contributed by atoms with Crippen molar-refractivity contribution in [1.29, 1.82) is 0 Å². The molecule has 0 aliphatic carbocycles. The van der Waals surface area contributed by atoms with Crippen LogP contribution in [0.25, 0.3) is 0 Å². The molecule has 8 heteroatoms. The van der Waals surface area contributed by atoms with Crippen LogP contribution in [0.4, 0.5) is 4.79 Å². The van der Waals surface area contributed by atoms with E-state index in [1.165, 1.54) is 7.11 Å². The van der Waals surface area contributed by atoms with Gasteiger partial charge in [0.05, 0.1) is 6.54 Å². The molecule has 1 aromatic carbocycles. The standard InChI is InChI=1S/C13H16N2O6/c1-19-11(12(16)17)6-15-13(18)14-5-8-2-3-9-10(4-8)21-7-20-9/h2-4,11H,5-7H2,1H3,(H,16,17)(H2,14,15,18). The fourth-order valence-corrected chi connectivity index (χ4v) is 1.75. The fraction of sp³-hybridized carbons (Fsp3) is 0.385. The summed E-state index contributed by atoms with van der Waals surface area (Å²) in [5.41, 5.74) is 0.843. The molecule has 0 bridgehead atoms. The van der Waals surface area contributed by atoms with Crippen LogP contribution in [0.3, 0.4) is 0 Å². The number of hydrogen-bond donors (Lipinski definition) is 3. The Kier molecular flexibility index (Phi) is 4.83. The maximum Gasteiger partial charge on any atom is 0.334 e. The molecule has 1 unspecified atom stereocenters. The quantitative estimate of drug-likeness (QED) is 0.698. The molecule has 0 spiro atoms. The number of benzene rings is 1. The molecule has 114 valence electrons. The van der Waals surface area contributed by atoms with Crippen molar-refractivity contribution in [2.45, 2.75) is 12.6 Å². The van der Waals surface area contributed by atoms with Gasteiger partial charge < -0.3 is 30.0 Å². The molecule has 8 nitrogen and oxygen atoms in total. The van der Waals surface area contributed by atoms with E-state index in [4.69, 9.17) is 19.3 Å². The van der Waals surface area contributed by atoms with Gasteiger partial charge in [-0.05, 0) is 17.7 Å². The lowest BCUT2D eigenvalue weighted by molar-refractivity contribution is -0.147. The first kappa shape index (κ1) is 14.9. The Labute approximate surface area is 121 Å². The lowest BCUT2D eigenvalue weighted by atomic mass is 10.2. The van der Waals surface area contributed by atoms with Crippen LogP contribution >= 0.6 is 0 Å². The Morgan fingerprint density at radius 1 is 1.33 bits per heavy atom. The Hall–Kier alpha value is -2.48. The van der Waals surface area contributed by atoms with E-state index >= 15 is 0 Å². The third kappa shape index (κ3) is 3.99. The average Bonchev–Trinajstić information content (AvgIpc) is 2.92. The van der Waals surface area contributed by atoms with E-state index in [9.17, 15) is 9.59 Å². The second-order valence-electron chi connectivity index (χ2n) is 4.31. The predicted octanol–water partition coefficient (Wildman–Crippen LogP) is 0.314. The van der Waals surface area contributed by atoms with Gasteiger partial charge in [-0.15, -0.1) is 0 Å².